The number of aromatic nitrogens is 1. The second-order valence-corrected chi connectivity index (χ2v) is 4.71. The zero-order chi connectivity index (χ0) is 11.0. The van der Waals surface area contributed by atoms with Crippen molar-refractivity contribution in [1.82, 2.24) is 10.3 Å². The molecular formula is C12H15BrN2. The van der Waals surface area contributed by atoms with E-state index in [0.29, 0.717) is 6.04 Å². The number of halogens is 1. The highest BCUT2D eigenvalue weighted by Gasteiger charge is 2.13. The Hall–Kier alpha value is -0.800. The predicted molar refractivity (Wildman–Crippen MR) is 68.2 cm³/mol. The minimum atomic E-state index is 0.326. The summed E-state index contributed by atoms with van der Waals surface area (Å²) in [5.74, 6) is 0. The number of aryl methyl sites for hydroxylation is 1. The average Bonchev–Trinajstić information content (AvgIpc) is 2.55. The lowest BCUT2D eigenvalue weighted by atomic mass is 10.1. The molecule has 1 atom stereocenters. The van der Waals surface area contributed by atoms with Gasteiger partial charge in [-0.05, 0) is 49.0 Å². The van der Waals surface area contributed by atoms with Crippen LogP contribution in [0.3, 0.4) is 0 Å². The summed E-state index contributed by atoms with van der Waals surface area (Å²) in [5, 5.41) is 4.49. The summed E-state index contributed by atoms with van der Waals surface area (Å²) in [4.78, 5) is 3.43. The summed E-state index contributed by atoms with van der Waals surface area (Å²) in [6, 6.07) is 6.77. The molecular weight excluding hydrogens is 252 g/mol. The fourth-order valence-electron chi connectivity index (χ4n) is 1.74. The Morgan fingerprint density at radius 3 is 2.80 bits per heavy atom. The van der Waals surface area contributed by atoms with Crippen molar-refractivity contribution < 1.29 is 0 Å². The zero-order valence-corrected chi connectivity index (χ0v) is 10.8. The first kappa shape index (κ1) is 10.7. The first-order valence-corrected chi connectivity index (χ1v) is 5.87. The fraction of sp³-hybridized carbons (Fsp3) is 0.333. The highest BCUT2D eigenvalue weighted by atomic mass is 79.9. The molecule has 1 aromatic carbocycles. The minimum absolute atomic E-state index is 0.326. The maximum atomic E-state index is 3.66. The van der Waals surface area contributed by atoms with Gasteiger partial charge in [0.1, 0.15) is 0 Å². The SMILES string of the molecule is CNC(C)c1[nH]c2ccc(C)cc2c1Br. The molecule has 0 saturated carbocycles. The summed E-state index contributed by atoms with van der Waals surface area (Å²) in [6.45, 7) is 4.25. The Balaban J connectivity index is 2.64. The molecule has 3 heteroatoms. The number of hydrogen-bond donors (Lipinski definition) is 2. The molecule has 0 saturated heterocycles. The number of fused-ring (bicyclic) bond motifs is 1. The van der Waals surface area contributed by atoms with Crippen molar-refractivity contribution in [3.63, 3.8) is 0 Å². The van der Waals surface area contributed by atoms with Gasteiger partial charge in [-0.15, -0.1) is 0 Å². The van der Waals surface area contributed by atoms with E-state index in [1.54, 1.807) is 0 Å². The molecule has 2 N–H and O–H groups in total. The number of rotatable bonds is 2. The first-order valence-electron chi connectivity index (χ1n) is 5.08. The van der Waals surface area contributed by atoms with Crippen LogP contribution in [-0.2, 0) is 0 Å². The monoisotopic (exact) mass is 266 g/mol. The van der Waals surface area contributed by atoms with E-state index in [0.717, 1.165) is 0 Å². The third-order valence-electron chi connectivity index (χ3n) is 2.78. The van der Waals surface area contributed by atoms with Crippen LogP contribution in [0, 0.1) is 6.92 Å². The molecule has 0 radical (unpaired) electrons. The van der Waals surface area contributed by atoms with Gasteiger partial charge in [0.25, 0.3) is 0 Å². The van der Waals surface area contributed by atoms with E-state index in [1.807, 2.05) is 7.05 Å². The second-order valence-electron chi connectivity index (χ2n) is 3.91. The summed E-state index contributed by atoms with van der Waals surface area (Å²) >= 11 is 3.66. The van der Waals surface area contributed by atoms with Crippen LogP contribution < -0.4 is 5.32 Å². The predicted octanol–water partition coefficient (Wildman–Crippen LogP) is 3.52. The third kappa shape index (κ3) is 1.82. The van der Waals surface area contributed by atoms with Gasteiger partial charge in [-0.1, -0.05) is 11.6 Å². The van der Waals surface area contributed by atoms with Crippen LogP contribution in [0.5, 0.6) is 0 Å². The van der Waals surface area contributed by atoms with Crippen LogP contribution in [0.1, 0.15) is 24.2 Å². The Morgan fingerprint density at radius 1 is 1.40 bits per heavy atom. The number of aromatic amines is 1. The largest absolute Gasteiger partial charge is 0.356 e. The molecule has 15 heavy (non-hydrogen) atoms. The molecule has 0 bridgehead atoms. The molecule has 0 fully saturated rings. The van der Waals surface area contributed by atoms with Crippen molar-refractivity contribution in [2.24, 2.45) is 0 Å². The molecule has 0 spiro atoms. The minimum Gasteiger partial charge on any atom is -0.356 e. The number of nitrogens with one attached hydrogen (secondary N) is 2. The average molecular weight is 267 g/mol. The van der Waals surface area contributed by atoms with Gasteiger partial charge in [0.2, 0.25) is 0 Å². The first-order chi connectivity index (χ1) is 7.13. The Morgan fingerprint density at radius 2 is 2.13 bits per heavy atom. The molecule has 1 heterocycles. The van der Waals surface area contributed by atoms with E-state index in [-0.39, 0.29) is 0 Å². The smallest absolute Gasteiger partial charge is 0.0477 e. The second kappa shape index (κ2) is 3.99. The van der Waals surface area contributed by atoms with Crippen LogP contribution >= 0.6 is 15.9 Å². The van der Waals surface area contributed by atoms with Gasteiger partial charge in [0.05, 0.1) is 0 Å². The standard InChI is InChI=1S/C12H15BrN2/c1-7-4-5-10-9(6-7)11(13)12(15-10)8(2)14-3/h4-6,8,14-15H,1-3H3. The van der Waals surface area contributed by atoms with Gasteiger partial charge in [-0.2, -0.15) is 0 Å². The topological polar surface area (TPSA) is 27.8 Å². The van der Waals surface area contributed by atoms with E-state index < -0.39 is 0 Å². The zero-order valence-electron chi connectivity index (χ0n) is 9.19. The van der Waals surface area contributed by atoms with Gasteiger partial charge >= 0.3 is 0 Å². The number of hydrogen-bond acceptors (Lipinski definition) is 1. The van der Waals surface area contributed by atoms with Crippen molar-refractivity contribution in [1.29, 1.82) is 0 Å². The molecule has 0 aliphatic carbocycles. The molecule has 0 aliphatic rings. The van der Waals surface area contributed by atoms with Gasteiger partial charge in [0.15, 0.2) is 0 Å². The lowest BCUT2D eigenvalue weighted by Crippen LogP contribution is -2.12. The van der Waals surface area contributed by atoms with E-state index in [2.05, 4.69) is 58.3 Å². The number of benzene rings is 1. The van der Waals surface area contributed by atoms with E-state index in [1.165, 1.54) is 26.6 Å². The van der Waals surface area contributed by atoms with Crippen LogP contribution in [0.15, 0.2) is 22.7 Å². The van der Waals surface area contributed by atoms with Crippen LogP contribution in [0.25, 0.3) is 10.9 Å². The Bertz CT molecular complexity index is 488. The van der Waals surface area contributed by atoms with Crippen molar-refractivity contribution >= 4 is 26.8 Å². The fourth-order valence-corrected chi connectivity index (χ4v) is 2.51. The Labute approximate surface area is 98.2 Å². The molecule has 1 unspecified atom stereocenters. The van der Waals surface area contributed by atoms with Crippen LogP contribution in [-0.4, -0.2) is 12.0 Å². The van der Waals surface area contributed by atoms with Crippen molar-refractivity contribution in [3.8, 4) is 0 Å². The van der Waals surface area contributed by atoms with Crippen LogP contribution in [0.4, 0.5) is 0 Å². The third-order valence-corrected chi connectivity index (χ3v) is 3.64. The molecule has 2 aromatic rings. The quantitative estimate of drug-likeness (QED) is 0.856. The summed E-state index contributed by atoms with van der Waals surface area (Å²) in [5.41, 5.74) is 3.67. The summed E-state index contributed by atoms with van der Waals surface area (Å²) < 4.78 is 1.17. The van der Waals surface area contributed by atoms with E-state index in [9.17, 15) is 0 Å². The molecule has 2 rings (SSSR count). The lowest BCUT2D eigenvalue weighted by molar-refractivity contribution is 0.635. The molecule has 0 amide bonds. The Kier molecular flexibility index (Phi) is 2.85. The maximum Gasteiger partial charge on any atom is 0.0477 e. The van der Waals surface area contributed by atoms with E-state index >= 15 is 0 Å². The molecule has 2 nitrogen and oxygen atoms in total. The maximum absolute atomic E-state index is 3.66. The lowest BCUT2D eigenvalue weighted by Gasteiger charge is -2.08. The highest BCUT2D eigenvalue weighted by Crippen LogP contribution is 2.31. The summed E-state index contributed by atoms with van der Waals surface area (Å²) in [6.07, 6.45) is 0. The van der Waals surface area contributed by atoms with Gasteiger partial charge < -0.3 is 10.3 Å². The van der Waals surface area contributed by atoms with Crippen molar-refractivity contribution in [2.45, 2.75) is 19.9 Å². The highest BCUT2D eigenvalue weighted by molar-refractivity contribution is 9.10. The van der Waals surface area contributed by atoms with Crippen molar-refractivity contribution in [2.75, 3.05) is 7.05 Å². The number of H-pyrrole nitrogens is 1. The van der Waals surface area contributed by atoms with Crippen LogP contribution in [0.2, 0.25) is 0 Å². The summed E-state index contributed by atoms with van der Waals surface area (Å²) in [7, 11) is 1.97. The normalized spacial score (nSPS) is 13.3. The molecule has 80 valence electrons. The van der Waals surface area contributed by atoms with E-state index in [4.69, 9.17) is 0 Å². The van der Waals surface area contributed by atoms with Gasteiger partial charge in [0, 0.05) is 27.1 Å². The molecule has 1 aromatic heterocycles. The van der Waals surface area contributed by atoms with Crippen molar-refractivity contribution in [3.05, 3.63) is 33.9 Å². The van der Waals surface area contributed by atoms with Gasteiger partial charge in [-0.25, -0.2) is 0 Å². The molecule has 0 aliphatic heterocycles. The van der Waals surface area contributed by atoms with Gasteiger partial charge in [-0.3, -0.25) is 0 Å².